The van der Waals surface area contributed by atoms with E-state index in [9.17, 15) is 5.11 Å². The second kappa shape index (κ2) is 7.92. The van der Waals surface area contributed by atoms with Crippen LogP contribution < -0.4 is 10.2 Å². The second-order valence-corrected chi connectivity index (χ2v) is 5.23. The van der Waals surface area contributed by atoms with Gasteiger partial charge < -0.3 is 15.3 Å². The van der Waals surface area contributed by atoms with Gasteiger partial charge in [0.25, 0.3) is 0 Å². The number of phenols is 1. The van der Waals surface area contributed by atoms with E-state index in [0.717, 1.165) is 5.56 Å². The molecule has 116 valence electrons. The van der Waals surface area contributed by atoms with Crippen LogP contribution in [0.15, 0.2) is 41.5 Å². The highest BCUT2D eigenvalue weighted by atomic mass is 35.5. The van der Waals surface area contributed by atoms with Gasteiger partial charge in [0.05, 0.1) is 35.0 Å². The Morgan fingerprint density at radius 1 is 1.27 bits per heavy atom. The molecule has 0 fully saturated rings. The zero-order chi connectivity index (χ0) is 15.9. The average Bonchev–Trinajstić information content (AvgIpc) is 2.53. The average molecular weight is 339 g/mol. The zero-order valence-electron chi connectivity index (χ0n) is 12.0. The molecule has 2 aromatic carbocycles. The topological polar surface area (TPSA) is 53.8 Å². The van der Waals surface area contributed by atoms with E-state index in [0.29, 0.717) is 23.7 Å². The van der Waals surface area contributed by atoms with Gasteiger partial charge in [0.15, 0.2) is 11.5 Å². The van der Waals surface area contributed by atoms with Crippen molar-refractivity contribution in [3.05, 3.63) is 57.6 Å². The summed E-state index contributed by atoms with van der Waals surface area (Å²) < 4.78 is 5.31. The highest BCUT2D eigenvalue weighted by Gasteiger charge is 2.15. The lowest BCUT2D eigenvalue weighted by Crippen LogP contribution is -2.05. The molecule has 2 rings (SSSR count). The minimum absolute atomic E-state index is 0.0819. The van der Waals surface area contributed by atoms with Crippen LogP contribution in [0.2, 0.25) is 10.0 Å². The number of nitrogens with zero attached hydrogens (tertiary/aromatic N) is 1. The van der Waals surface area contributed by atoms with Gasteiger partial charge >= 0.3 is 0 Å². The number of nitrogens with one attached hydrogen (secondary N) is 1. The number of hydrogen-bond acceptors (Lipinski definition) is 4. The van der Waals surface area contributed by atoms with Crippen LogP contribution in [0.5, 0.6) is 11.5 Å². The summed E-state index contributed by atoms with van der Waals surface area (Å²) in [6, 6.07) is 11.3. The summed E-state index contributed by atoms with van der Waals surface area (Å²) in [7, 11) is 0. The Morgan fingerprint density at radius 2 is 2.00 bits per heavy atom. The normalized spacial score (nSPS) is 10.9. The van der Waals surface area contributed by atoms with Crippen molar-refractivity contribution in [2.75, 3.05) is 6.61 Å². The fraction of sp³-hybridized carbons (Fsp3) is 0.188. The Morgan fingerprint density at radius 3 is 2.68 bits per heavy atom. The fourth-order valence-electron chi connectivity index (χ4n) is 1.84. The molecular weight excluding hydrogens is 323 g/mol. The summed E-state index contributed by atoms with van der Waals surface area (Å²) in [6.45, 7) is 2.79. The van der Waals surface area contributed by atoms with Crippen molar-refractivity contribution >= 4 is 29.4 Å². The minimum Gasteiger partial charge on any atom is -0.504 e. The molecule has 0 unspecified atom stereocenters. The molecule has 0 aliphatic rings. The van der Waals surface area contributed by atoms with Crippen molar-refractivity contribution < 1.29 is 9.84 Å². The lowest BCUT2D eigenvalue weighted by Gasteiger charge is -2.10. The minimum atomic E-state index is -0.0819. The fourth-order valence-corrected chi connectivity index (χ4v) is 2.23. The van der Waals surface area contributed by atoms with Gasteiger partial charge in [-0.05, 0) is 12.5 Å². The molecule has 2 N–H and O–H groups in total. The van der Waals surface area contributed by atoms with Crippen molar-refractivity contribution in [2.45, 2.75) is 13.5 Å². The van der Waals surface area contributed by atoms with E-state index in [1.165, 1.54) is 12.3 Å². The summed E-state index contributed by atoms with van der Waals surface area (Å²) in [5, 5.41) is 14.7. The first-order valence-electron chi connectivity index (χ1n) is 6.77. The second-order valence-electron chi connectivity index (χ2n) is 4.44. The third kappa shape index (κ3) is 4.06. The first kappa shape index (κ1) is 16.5. The zero-order valence-corrected chi connectivity index (χ0v) is 13.5. The van der Waals surface area contributed by atoms with Crippen molar-refractivity contribution in [1.29, 1.82) is 0 Å². The molecule has 0 spiro atoms. The Bertz CT molecular complexity index is 661. The third-order valence-corrected chi connectivity index (χ3v) is 3.71. The predicted octanol–water partition coefficient (Wildman–Crippen LogP) is 4.22. The predicted molar refractivity (Wildman–Crippen MR) is 90.2 cm³/mol. The van der Waals surface area contributed by atoms with Crippen LogP contribution in [-0.4, -0.2) is 17.9 Å². The van der Waals surface area contributed by atoms with Crippen molar-refractivity contribution in [1.82, 2.24) is 5.43 Å². The highest BCUT2D eigenvalue weighted by Crippen LogP contribution is 2.39. The van der Waals surface area contributed by atoms with Gasteiger partial charge in [0.2, 0.25) is 0 Å². The lowest BCUT2D eigenvalue weighted by atomic mass is 10.2. The molecule has 22 heavy (non-hydrogen) atoms. The number of phenolic OH excluding ortho intramolecular Hbond substituents is 1. The smallest absolute Gasteiger partial charge is 0.168 e. The van der Waals surface area contributed by atoms with Crippen LogP contribution in [0.1, 0.15) is 18.1 Å². The first-order valence-corrected chi connectivity index (χ1v) is 7.52. The Kier molecular flexibility index (Phi) is 5.92. The molecule has 0 bridgehead atoms. The molecule has 0 saturated heterocycles. The molecule has 0 atom stereocenters. The molecule has 2 aromatic rings. The number of hydrogen-bond donors (Lipinski definition) is 2. The van der Waals surface area contributed by atoms with Gasteiger partial charge in [0, 0.05) is 6.07 Å². The number of benzene rings is 2. The molecule has 0 aromatic heterocycles. The van der Waals surface area contributed by atoms with Gasteiger partial charge in [-0.15, -0.1) is 0 Å². The molecule has 0 heterocycles. The molecule has 0 aliphatic carbocycles. The third-order valence-electron chi connectivity index (χ3n) is 2.90. The number of aromatic hydroxyl groups is 1. The van der Waals surface area contributed by atoms with Crippen molar-refractivity contribution in [3.63, 3.8) is 0 Å². The monoisotopic (exact) mass is 338 g/mol. The molecule has 6 heteroatoms. The quantitative estimate of drug-likeness (QED) is 0.612. The molecule has 0 saturated carbocycles. The largest absolute Gasteiger partial charge is 0.504 e. The van der Waals surface area contributed by atoms with E-state index in [-0.39, 0.29) is 16.5 Å². The molecule has 0 amide bonds. The van der Waals surface area contributed by atoms with E-state index in [1.54, 1.807) is 0 Å². The number of ether oxygens (including phenoxy) is 1. The lowest BCUT2D eigenvalue weighted by molar-refractivity contribution is 0.318. The van der Waals surface area contributed by atoms with E-state index < -0.39 is 0 Å². The Labute approximate surface area is 139 Å². The van der Waals surface area contributed by atoms with Crippen LogP contribution in [0.3, 0.4) is 0 Å². The SMILES string of the molecule is CCOc1cc(Cl)c(Cl)c(/C=N/NCc2ccccc2)c1O. The van der Waals surface area contributed by atoms with Gasteiger partial charge in [-0.2, -0.15) is 5.10 Å². The number of rotatable bonds is 6. The van der Waals surface area contributed by atoms with E-state index in [4.69, 9.17) is 27.9 Å². The van der Waals surface area contributed by atoms with E-state index in [1.807, 2.05) is 37.3 Å². The maximum absolute atomic E-state index is 10.2. The maximum Gasteiger partial charge on any atom is 0.168 e. The van der Waals surface area contributed by atoms with Crippen LogP contribution >= 0.6 is 23.2 Å². The summed E-state index contributed by atoms with van der Waals surface area (Å²) in [6.07, 6.45) is 1.43. The molecule has 4 nitrogen and oxygen atoms in total. The summed E-state index contributed by atoms with van der Waals surface area (Å²) >= 11 is 12.1. The van der Waals surface area contributed by atoms with Crippen LogP contribution in [0.4, 0.5) is 0 Å². The van der Waals surface area contributed by atoms with E-state index in [2.05, 4.69) is 10.5 Å². The number of halogens is 2. The van der Waals surface area contributed by atoms with Gasteiger partial charge in [0.1, 0.15) is 0 Å². The van der Waals surface area contributed by atoms with E-state index >= 15 is 0 Å². The number of hydrazone groups is 1. The van der Waals surface area contributed by atoms with Crippen LogP contribution in [0.25, 0.3) is 0 Å². The standard InChI is InChI=1S/C16H16Cl2N2O2/c1-2-22-14-8-13(17)15(18)12(16(14)21)10-20-19-9-11-6-4-3-5-7-11/h3-8,10,19,21H,2,9H2,1H3/b20-10+. The highest BCUT2D eigenvalue weighted by molar-refractivity contribution is 6.43. The summed E-state index contributed by atoms with van der Waals surface area (Å²) in [5.74, 6) is 0.197. The maximum atomic E-state index is 10.2. The Hall–Kier alpha value is -1.91. The van der Waals surface area contributed by atoms with Crippen LogP contribution in [-0.2, 0) is 6.54 Å². The van der Waals surface area contributed by atoms with Gasteiger partial charge in [-0.3, -0.25) is 0 Å². The van der Waals surface area contributed by atoms with Crippen molar-refractivity contribution in [2.24, 2.45) is 5.10 Å². The molecule has 0 aliphatic heterocycles. The van der Waals surface area contributed by atoms with Gasteiger partial charge in [-0.1, -0.05) is 53.5 Å². The molecule has 0 radical (unpaired) electrons. The van der Waals surface area contributed by atoms with Crippen LogP contribution in [0, 0.1) is 0 Å². The van der Waals surface area contributed by atoms with Gasteiger partial charge in [-0.25, -0.2) is 0 Å². The summed E-state index contributed by atoms with van der Waals surface area (Å²) in [4.78, 5) is 0. The van der Waals surface area contributed by atoms with Crippen molar-refractivity contribution in [3.8, 4) is 11.5 Å². The Balaban J connectivity index is 2.12. The molecular formula is C16H16Cl2N2O2. The summed E-state index contributed by atoms with van der Waals surface area (Å²) in [5.41, 5.74) is 4.30. The first-order chi connectivity index (χ1) is 10.6.